The lowest BCUT2D eigenvalue weighted by Crippen LogP contribution is -2.36. The number of nitrogens with two attached hydrogens (primary N) is 1. The van der Waals surface area contributed by atoms with E-state index in [0.717, 1.165) is 11.3 Å². The summed E-state index contributed by atoms with van der Waals surface area (Å²) in [5.41, 5.74) is 8.29. The van der Waals surface area contributed by atoms with Crippen LogP contribution in [-0.2, 0) is 6.54 Å². The molecular formula is C18H20ClN5O3. The Morgan fingerprint density at radius 1 is 1.26 bits per heavy atom. The van der Waals surface area contributed by atoms with E-state index in [4.69, 9.17) is 26.8 Å². The van der Waals surface area contributed by atoms with Gasteiger partial charge in [-0.05, 0) is 13.8 Å². The number of nitrogen functional groups attached to an aromatic ring is 1. The molecule has 9 heteroatoms. The molecule has 3 heterocycles. The summed E-state index contributed by atoms with van der Waals surface area (Å²) in [6, 6.07) is 1.78. The zero-order valence-electron chi connectivity index (χ0n) is 15.5. The predicted octanol–water partition coefficient (Wildman–Crippen LogP) is 2.66. The summed E-state index contributed by atoms with van der Waals surface area (Å²) in [5.74, 6) is 1.34. The first-order chi connectivity index (χ1) is 12.8. The Hall–Kier alpha value is -2.87. The number of ketones is 1. The van der Waals surface area contributed by atoms with Crippen molar-refractivity contribution >= 4 is 29.2 Å². The average Bonchev–Trinajstić information content (AvgIpc) is 2.62. The molecule has 8 nitrogen and oxygen atoms in total. The summed E-state index contributed by atoms with van der Waals surface area (Å²) >= 11 is 6.21. The van der Waals surface area contributed by atoms with Crippen LogP contribution in [0.5, 0.6) is 11.5 Å². The Balaban J connectivity index is 2.07. The molecule has 0 unspecified atom stereocenters. The number of hydrogen-bond donors (Lipinski definition) is 1. The summed E-state index contributed by atoms with van der Waals surface area (Å²) in [7, 11) is 3.11. The number of Topliss-reactive ketones (excluding diaryl/α,β-unsaturated/α-hetero) is 1. The lowest BCUT2D eigenvalue weighted by molar-refractivity contribution is 0.102. The van der Waals surface area contributed by atoms with E-state index in [9.17, 15) is 4.79 Å². The monoisotopic (exact) mass is 389 g/mol. The number of pyridine rings is 1. The fraction of sp³-hybridized carbons (Fsp3) is 0.333. The highest BCUT2D eigenvalue weighted by atomic mass is 35.5. The number of carbonyl (C=O) groups excluding carboxylic acids is 1. The lowest BCUT2D eigenvalue weighted by atomic mass is 9.96. The maximum Gasteiger partial charge on any atom is 0.223 e. The minimum absolute atomic E-state index is 0.0115. The number of carbonyl (C=O) groups is 1. The van der Waals surface area contributed by atoms with Crippen LogP contribution < -0.4 is 20.1 Å². The van der Waals surface area contributed by atoms with E-state index in [1.165, 1.54) is 0 Å². The Bertz CT molecular complexity index is 941. The number of methoxy groups -OCH3 is 2. The molecule has 0 radical (unpaired) electrons. The van der Waals surface area contributed by atoms with Gasteiger partial charge < -0.3 is 20.1 Å². The minimum atomic E-state index is -0.175. The van der Waals surface area contributed by atoms with Gasteiger partial charge in [-0.1, -0.05) is 17.2 Å². The largest absolute Gasteiger partial charge is 0.493 e. The molecule has 2 N–H and O–H groups in total. The minimum Gasteiger partial charge on any atom is -0.493 e. The molecule has 0 saturated carbocycles. The molecule has 0 spiro atoms. The number of fused-ring (bicyclic) bond motifs is 1. The van der Waals surface area contributed by atoms with Crippen molar-refractivity contribution in [2.75, 3.05) is 31.4 Å². The first kappa shape index (κ1) is 18.9. The van der Waals surface area contributed by atoms with Crippen LogP contribution in [0.15, 0.2) is 23.4 Å². The van der Waals surface area contributed by atoms with Crippen molar-refractivity contribution in [1.82, 2.24) is 15.0 Å². The fourth-order valence-electron chi connectivity index (χ4n) is 2.93. The van der Waals surface area contributed by atoms with Gasteiger partial charge in [0.15, 0.2) is 17.3 Å². The van der Waals surface area contributed by atoms with Gasteiger partial charge in [0.05, 0.1) is 32.7 Å². The number of halogens is 1. The fourth-order valence-corrected chi connectivity index (χ4v) is 3.18. The van der Waals surface area contributed by atoms with Crippen molar-refractivity contribution in [3.8, 4) is 11.5 Å². The van der Waals surface area contributed by atoms with Gasteiger partial charge in [0.1, 0.15) is 16.5 Å². The average molecular weight is 390 g/mol. The topological polar surface area (TPSA) is 103 Å². The van der Waals surface area contributed by atoms with Crippen LogP contribution in [0.2, 0.25) is 5.15 Å². The first-order valence-electron chi connectivity index (χ1n) is 8.21. The van der Waals surface area contributed by atoms with E-state index in [1.54, 1.807) is 26.5 Å². The van der Waals surface area contributed by atoms with E-state index < -0.39 is 0 Å². The summed E-state index contributed by atoms with van der Waals surface area (Å²) < 4.78 is 10.6. The molecule has 0 aromatic carbocycles. The molecule has 2 aromatic rings. The van der Waals surface area contributed by atoms with Crippen molar-refractivity contribution in [2.45, 2.75) is 20.4 Å². The van der Waals surface area contributed by atoms with Gasteiger partial charge in [-0.3, -0.25) is 9.78 Å². The van der Waals surface area contributed by atoms with Crippen LogP contribution in [0.3, 0.4) is 0 Å². The number of nitrogens with zero attached hydrogens (tertiary/aromatic N) is 4. The van der Waals surface area contributed by atoms with Gasteiger partial charge >= 0.3 is 0 Å². The molecule has 0 fully saturated rings. The third-order valence-corrected chi connectivity index (χ3v) is 4.57. The van der Waals surface area contributed by atoms with Crippen molar-refractivity contribution in [2.24, 2.45) is 0 Å². The van der Waals surface area contributed by atoms with Crippen molar-refractivity contribution in [3.63, 3.8) is 0 Å². The zero-order valence-corrected chi connectivity index (χ0v) is 16.3. The third-order valence-electron chi connectivity index (χ3n) is 4.30. The van der Waals surface area contributed by atoms with Crippen LogP contribution in [0.1, 0.15) is 29.9 Å². The standard InChI is InChI=1S/C18H20ClN5O3/c1-9(2)11-8-24(7-10-5-12(26-3)13(27-4)6-21-10)17-14(15(11)25)16(19)22-18(20)23-17/h5-6H,7-8H2,1-4H3,(H2,20,22,23). The third kappa shape index (κ3) is 3.52. The van der Waals surface area contributed by atoms with Crippen molar-refractivity contribution in [3.05, 3.63) is 39.8 Å². The van der Waals surface area contributed by atoms with Crippen LogP contribution in [0.4, 0.5) is 11.8 Å². The van der Waals surface area contributed by atoms with Gasteiger partial charge in [0.25, 0.3) is 0 Å². The second kappa shape index (κ2) is 7.40. The summed E-state index contributed by atoms with van der Waals surface area (Å²) in [4.78, 5) is 27.3. The van der Waals surface area contributed by atoms with Gasteiger partial charge in [-0.25, -0.2) is 4.98 Å². The van der Waals surface area contributed by atoms with Gasteiger partial charge in [0.2, 0.25) is 5.95 Å². The predicted molar refractivity (Wildman–Crippen MR) is 103 cm³/mol. The second-order valence-electron chi connectivity index (χ2n) is 6.27. The molecule has 0 amide bonds. The van der Waals surface area contributed by atoms with Gasteiger partial charge in [-0.2, -0.15) is 4.98 Å². The SMILES string of the molecule is COc1cnc(CN2CC(=C(C)C)C(=O)c3c(Cl)nc(N)nc32)cc1OC. The Kier molecular flexibility index (Phi) is 5.18. The van der Waals surface area contributed by atoms with E-state index in [2.05, 4.69) is 15.0 Å². The summed E-state index contributed by atoms with van der Waals surface area (Å²) in [6.07, 6.45) is 1.59. The van der Waals surface area contributed by atoms with Crippen molar-refractivity contribution in [1.29, 1.82) is 0 Å². The smallest absolute Gasteiger partial charge is 0.223 e. The zero-order chi connectivity index (χ0) is 19.7. The maximum absolute atomic E-state index is 12.8. The van der Waals surface area contributed by atoms with Crippen LogP contribution in [0.25, 0.3) is 0 Å². The number of hydrogen-bond acceptors (Lipinski definition) is 8. The Morgan fingerprint density at radius 3 is 2.59 bits per heavy atom. The summed E-state index contributed by atoms with van der Waals surface area (Å²) in [5, 5.41) is 0.0474. The number of anilines is 2. The highest BCUT2D eigenvalue weighted by Crippen LogP contribution is 2.35. The number of allylic oxidation sites excluding steroid dienone is 1. The molecule has 2 aromatic heterocycles. The normalized spacial score (nSPS) is 13.4. The van der Waals surface area contributed by atoms with Crippen LogP contribution in [-0.4, -0.2) is 41.5 Å². The van der Waals surface area contributed by atoms with E-state index in [0.29, 0.717) is 36.0 Å². The maximum atomic E-state index is 12.8. The van der Waals surface area contributed by atoms with E-state index in [1.807, 2.05) is 18.7 Å². The second-order valence-corrected chi connectivity index (χ2v) is 6.62. The summed E-state index contributed by atoms with van der Waals surface area (Å²) in [6.45, 7) is 4.52. The molecule has 1 aliphatic rings. The van der Waals surface area contributed by atoms with Crippen LogP contribution >= 0.6 is 11.6 Å². The molecular weight excluding hydrogens is 370 g/mol. The van der Waals surface area contributed by atoms with Crippen molar-refractivity contribution < 1.29 is 14.3 Å². The highest BCUT2D eigenvalue weighted by Gasteiger charge is 2.33. The van der Waals surface area contributed by atoms with E-state index in [-0.39, 0.29) is 22.4 Å². The Labute approximate surface area is 162 Å². The quantitative estimate of drug-likeness (QED) is 0.628. The number of aromatic nitrogens is 3. The molecule has 3 rings (SSSR count). The molecule has 0 aliphatic carbocycles. The van der Waals surface area contributed by atoms with Gasteiger partial charge in [-0.15, -0.1) is 0 Å². The molecule has 27 heavy (non-hydrogen) atoms. The number of ether oxygens (including phenoxy) is 2. The van der Waals surface area contributed by atoms with Crippen LogP contribution in [0, 0.1) is 0 Å². The van der Waals surface area contributed by atoms with Gasteiger partial charge in [0, 0.05) is 18.2 Å². The molecule has 0 atom stereocenters. The highest BCUT2D eigenvalue weighted by molar-refractivity contribution is 6.35. The molecule has 1 aliphatic heterocycles. The molecule has 142 valence electrons. The van der Waals surface area contributed by atoms with E-state index >= 15 is 0 Å². The number of rotatable bonds is 4. The molecule has 0 bridgehead atoms. The molecule has 0 saturated heterocycles. The lowest BCUT2D eigenvalue weighted by Gasteiger charge is -2.31. The first-order valence-corrected chi connectivity index (χ1v) is 8.59. The Morgan fingerprint density at radius 2 is 1.96 bits per heavy atom.